The number of phenolic OH excluding ortho intramolecular Hbond substituents is 1. The predicted molar refractivity (Wildman–Crippen MR) is 58.4 cm³/mol. The molecule has 0 aromatic heterocycles. The molecule has 4 heteroatoms. The number of carbonyl (C=O) groups is 1. The quantitative estimate of drug-likeness (QED) is 0.812. The predicted octanol–water partition coefficient (Wildman–Crippen LogP) is 2.08. The van der Waals surface area contributed by atoms with E-state index in [4.69, 9.17) is 5.73 Å². The number of rotatable bonds is 4. The number of carbonyl (C=O) groups excluding carboxylic acids is 1. The van der Waals surface area contributed by atoms with E-state index in [9.17, 15) is 9.90 Å². The van der Waals surface area contributed by atoms with Crippen molar-refractivity contribution in [1.82, 2.24) is 0 Å². The summed E-state index contributed by atoms with van der Waals surface area (Å²) in [4.78, 5) is 11.5. The van der Waals surface area contributed by atoms with E-state index in [0.717, 1.165) is 0 Å². The monoisotopic (exact) mass is 257 g/mol. The first-order chi connectivity index (χ1) is 6.65. The second-order valence-corrected chi connectivity index (χ2v) is 3.84. The topological polar surface area (TPSA) is 63.3 Å². The molecule has 3 N–H and O–H groups in total. The van der Waals surface area contributed by atoms with E-state index in [1.807, 2.05) is 0 Å². The highest BCUT2D eigenvalue weighted by molar-refractivity contribution is 9.10. The van der Waals surface area contributed by atoms with Gasteiger partial charge in [0.25, 0.3) is 0 Å². The number of hydrogen-bond acceptors (Lipinski definition) is 3. The van der Waals surface area contributed by atoms with Crippen LogP contribution in [-0.4, -0.2) is 17.4 Å². The Bertz CT molecular complexity index is 339. The maximum atomic E-state index is 11.5. The van der Waals surface area contributed by atoms with E-state index in [1.54, 1.807) is 12.1 Å². The molecule has 0 unspecified atom stereocenters. The van der Waals surface area contributed by atoms with Crippen molar-refractivity contribution < 1.29 is 9.90 Å². The molecule has 0 aliphatic carbocycles. The van der Waals surface area contributed by atoms with E-state index in [2.05, 4.69) is 15.9 Å². The molecular formula is C10H12BrNO2. The summed E-state index contributed by atoms with van der Waals surface area (Å²) in [5.74, 6) is 0.191. The molecule has 3 nitrogen and oxygen atoms in total. The lowest BCUT2D eigenvalue weighted by Gasteiger charge is -2.02. The van der Waals surface area contributed by atoms with Crippen LogP contribution < -0.4 is 5.73 Å². The molecule has 1 rings (SSSR count). The van der Waals surface area contributed by atoms with Gasteiger partial charge in [-0.3, -0.25) is 4.79 Å². The molecule has 14 heavy (non-hydrogen) atoms. The summed E-state index contributed by atoms with van der Waals surface area (Å²) in [6.07, 6.45) is 1.14. The minimum atomic E-state index is 0.0520. The van der Waals surface area contributed by atoms with Gasteiger partial charge in [-0.1, -0.05) is 0 Å². The van der Waals surface area contributed by atoms with Crippen LogP contribution in [0.2, 0.25) is 0 Å². The Morgan fingerprint density at radius 3 is 2.79 bits per heavy atom. The largest absolute Gasteiger partial charge is 0.507 e. The molecular weight excluding hydrogens is 246 g/mol. The smallest absolute Gasteiger partial charge is 0.162 e. The van der Waals surface area contributed by atoms with Gasteiger partial charge in [0.1, 0.15) is 5.75 Å². The van der Waals surface area contributed by atoms with Gasteiger partial charge in [-0.05, 0) is 47.1 Å². The molecule has 0 spiro atoms. The molecule has 0 atom stereocenters. The van der Waals surface area contributed by atoms with Gasteiger partial charge < -0.3 is 10.8 Å². The first kappa shape index (κ1) is 11.2. The van der Waals surface area contributed by atoms with Gasteiger partial charge in [0, 0.05) is 12.0 Å². The number of halogens is 1. The molecule has 76 valence electrons. The average molecular weight is 258 g/mol. The zero-order chi connectivity index (χ0) is 10.6. The SMILES string of the molecule is NCCCC(=O)c1ccc(O)c(Br)c1. The Kier molecular flexibility index (Phi) is 4.10. The first-order valence-electron chi connectivity index (χ1n) is 4.37. The third-order valence-electron chi connectivity index (χ3n) is 1.88. The summed E-state index contributed by atoms with van der Waals surface area (Å²) >= 11 is 3.16. The highest BCUT2D eigenvalue weighted by atomic mass is 79.9. The van der Waals surface area contributed by atoms with Crippen LogP contribution in [0.1, 0.15) is 23.2 Å². The number of Topliss-reactive ketones (excluding diaryl/α,β-unsaturated/α-hetero) is 1. The van der Waals surface area contributed by atoms with Crippen molar-refractivity contribution in [3.63, 3.8) is 0 Å². The fourth-order valence-corrected chi connectivity index (χ4v) is 1.47. The van der Waals surface area contributed by atoms with Crippen molar-refractivity contribution in [3.8, 4) is 5.75 Å². The summed E-state index contributed by atoms with van der Waals surface area (Å²) in [5, 5.41) is 9.22. The summed E-state index contributed by atoms with van der Waals surface area (Å²) in [7, 11) is 0. The van der Waals surface area contributed by atoms with E-state index in [0.29, 0.717) is 29.4 Å². The summed E-state index contributed by atoms with van der Waals surface area (Å²) in [5.41, 5.74) is 5.91. The average Bonchev–Trinajstić information content (AvgIpc) is 2.18. The van der Waals surface area contributed by atoms with E-state index in [1.165, 1.54) is 6.07 Å². The summed E-state index contributed by atoms with van der Waals surface area (Å²) in [6, 6.07) is 4.73. The van der Waals surface area contributed by atoms with Crippen molar-refractivity contribution in [2.75, 3.05) is 6.54 Å². The summed E-state index contributed by atoms with van der Waals surface area (Å²) in [6.45, 7) is 0.519. The van der Waals surface area contributed by atoms with Crippen LogP contribution in [0.25, 0.3) is 0 Å². The number of hydrogen-bond donors (Lipinski definition) is 2. The standard InChI is InChI=1S/C10H12BrNO2/c11-8-6-7(3-4-10(8)14)9(13)2-1-5-12/h3-4,6,14H,1-2,5,12H2. The summed E-state index contributed by atoms with van der Waals surface area (Å²) < 4.78 is 0.538. The normalized spacial score (nSPS) is 10.1. The second-order valence-electron chi connectivity index (χ2n) is 2.98. The van der Waals surface area contributed by atoms with Crippen molar-refractivity contribution in [2.45, 2.75) is 12.8 Å². The Balaban J connectivity index is 2.76. The molecule has 0 aliphatic heterocycles. The third-order valence-corrected chi connectivity index (χ3v) is 2.51. The van der Waals surface area contributed by atoms with E-state index < -0.39 is 0 Å². The molecule has 0 amide bonds. The Morgan fingerprint density at radius 2 is 2.21 bits per heavy atom. The Labute approximate surface area is 91.1 Å². The van der Waals surface area contributed by atoms with Crippen LogP contribution >= 0.6 is 15.9 Å². The molecule has 0 fully saturated rings. The third kappa shape index (κ3) is 2.82. The highest BCUT2D eigenvalue weighted by Crippen LogP contribution is 2.24. The number of aromatic hydroxyl groups is 1. The number of phenols is 1. The fourth-order valence-electron chi connectivity index (χ4n) is 1.09. The minimum Gasteiger partial charge on any atom is -0.507 e. The molecule has 0 aliphatic rings. The van der Waals surface area contributed by atoms with Gasteiger partial charge in [0.2, 0.25) is 0 Å². The van der Waals surface area contributed by atoms with Crippen LogP contribution in [0, 0.1) is 0 Å². The number of nitrogens with two attached hydrogens (primary N) is 1. The maximum Gasteiger partial charge on any atom is 0.162 e. The fraction of sp³-hybridized carbons (Fsp3) is 0.300. The van der Waals surface area contributed by atoms with Crippen molar-refractivity contribution in [3.05, 3.63) is 28.2 Å². The molecule has 0 heterocycles. The van der Waals surface area contributed by atoms with Crippen LogP contribution in [0.3, 0.4) is 0 Å². The molecule has 0 bridgehead atoms. The van der Waals surface area contributed by atoms with Crippen molar-refractivity contribution >= 4 is 21.7 Å². The molecule has 1 aromatic carbocycles. The van der Waals surface area contributed by atoms with E-state index in [-0.39, 0.29) is 11.5 Å². The first-order valence-corrected chi connectivity index (χ1v) is 5.16. The molecule has 0 radical (unpaired) electrons. The lowest BCUT2D eigenvalue weighted by atomic mass is 10.1. The zero-order valence-electron chi connectivity index (χ0n) is 7.66. The van der Waals surface area contributed by atoms with Crippen molar-refractivity contribution in [1.29, 1.82) is 0 Å². The number of benzene rings is 1. The van der Waals surface area contributed by atoms with Gasteiger partial charge in [-0.15, -0.1) is 0 Å². The Morgan fingerprint density at radius 1 is 1.50 bits per heavy atom. The minimum absolute atomic E-state index is 0.0520. The van der Waals surface area contributed by atoms with Gasteiger partial charge in [-0.25, -0.2) is 0 Å². The number of ketones is 1. The lowest BCUT2D eigenvalue weighted by molar-refractivity contribution is 0.0980. The van der Waals surface area contributed by atoms with Gasteiger partial charge >= 0.3 is 0 Å². The molecule has 0 saturated heterocycles. The lowest BCUT2D eigenvalue weighted by Crippen LogP contribution is -2.04. The Hall–Kier alpha value is -0.870. The second kappa shape index (κ2) is 5.12. The molecule has 0 saturated carbocycles. The van der Waals surface area contributed by atoms with Crippen LogP contribution in [0.5, 0.6) is 5.75 Å². The van der Waals surface area contributed by atoms with Gasteiger partial charge in [0.15, 0.2) is 5.78 Å². The van der Waals surface area contributed by atoms with E-state index >= 15 is 0 Å². The van der Waals surface area contributed by atoms with Gasteiger partial charge in [0.05, 0.1) is 4.47 Å². The zero-order valence-corrected chi connectivity index (χ0v) is 9.25. The van der Waals surface area contributed by atoms with Crippen LogP contribution in [0.4, 0.5) is 0 Å². The van der Waals surface area contributed by atoms with Crippen LogP contribution in [0.15, 0.2) is 22.7 Å². The van der Waals surface area contributed by atoms with Gasteiger partial charge in [-0.2, -0.15) is 0 Å². The maximum absolute atomic E-state index is 11.5. The van der Waals surface area contributed by atoms with Crippen LogP contribution in [-0.2, 0) is 0 Å². The van der Waals surface area contributed by atoms with Crippen molar-refractivity contribution in [2.24, 2.45) is 5.73 Å². The molecule has 1 aromatic rings. The highest BCUT2D eigenvalue weighted by Gasteiger charge is 2.07.